The number of aliphatic carboxylic acids is 1. The molecule has 5 heteroatoms. The zero-order chi connectivity index (χ0) is 19.2. The summed E-state index contributed by atoms with van der Waals surface area (Å²) in [5.74, 6) is -0.805. The lowest BCUT2D eigenvalue weighted by molar-refractivity contribution is -0.148. The first-order valence-corrected chi connectivity index (χ1v) is 9.42. The highest BCUT2D eigenvalue weighted by atomic mass is 16.5. The Morgan fingerprint density at radius 1 is 1.11 bits per heavy atom. The van der Waals surface area contributed by atoms with Crippen LogP contribution >= 0.6 is 0 Å². The second kappa shape index (κ2) is 8.71. The van der Waals surface area contributed by atoms with E-state index >= 15 is 0 Å². The van der Waals surface area contributed by atoms with Gasteiger partial charge in [0.15, 0.2) is 6.10 Å². The largest absolute Gasteiger partial charge is 0.481 e. The molecule has 0 radical (unpaired) electrons. The van der Waals surface area contributed by atoms with Crippen molar-refractivity contribution in [2.45, 2.75) is 32.3 Å². The number of rotatable bonds is 6. The molecular weight excluding hydrogens is 342 g/mol. The highest BCUT2D eigenvalue weighted by molar-refractivity contribution is 5.82. The molecule has 2 aromatic rings. The number of carbonyl (C=O) groups is 2. The van der Waals surface area contributed by atoms with Crippen molar-refractivity contribution in [3.63, 3.8) is 0 Å². The minimum atomic E-state index is -0.835. The molecule has 0 aromatic heterocycles. The number of hydrogen-bond donors (Lipinski definition) is 1. The monoisotopic (exact) mass is 367 g/mol. The predicted octanol–water partition coefficient (Wildman–Crippen LogP) is 3.83. The molecule has 1 fully saturated rings. The summed E-state index contributed by atoms with van der Waals surface area (Å²) in [6.45, 7) is 2.76. The molecule has 1 amide bonds. The van der Waals surface area contributed by atoms with Crippen molar-refractivity contribution < 1.29 is 19.4 Å². The molecule has 2 atom stereocenters. The van der Waals surface area contributed by atoms with Crippen LogP contribution in [0.15, 0.2) is 54.6 Å². The van der Waals surface area contributed by atoms with Gasteiger partial charge in [-0.2, -0.15) is 0 Å². The minimum absolute atomic E-state index is 0.129. The highest BCUT2D eigenvalue weighted by Gasteiger charge is 2.32. The molecule has 2 unspecified atom stereocenters. The number of benzene rings is 2. The number of carboxylic acids is 1. The first-order chi connectivity index (χ1) is 13.1. The van der Waals surface area contributed by atoms with Gasteiger partial charge in [-0.3, -0.25) is 9.59 Å². The Labute approximate surface area is 159 Å². The number of carbonyl (C=O) groups excluding carboxylic acids is 1. The first kappa shape index (κ1) is 19.0. The van der Waals surface area contributed by atoms with E-state index in [9.17, 15) is 14.7 Å². The third kappa shape index (κ3) is 4.67. The molecule has 1 saturated heterocycles. The average molecular weight is 367 g/mol. The summed E-state index contributed by atoms with van der Waals surface area (Å²) in [5.41, 5.74) is 2.21. The fourth-order valence-electron chi connectivity index (χ4n) is 3.41. The standard InChI is InChI=1S/C22H25NO4/c1-2-20(21(24)23-14-6-9-18(15-23)22(25)26)27-19-12-10-17(11-13-19)16-7-4-3-5-8-16/h3-5,7-8,10-13,18,20H,2,6,9,14-15H2,1H3,(H,25,26). The number of hydrogen-bond acceptors (Lipinski definition) is 3. The van der Waals surface area contributed by atoms with Crippen molar-refractivity contribution in [1.29, 1.82) is 0 Å². The maximum atomic E-state index is 12.8. The van der Waals surface area contributed by atoms with Crippen LogP contribution in [0.1, 0.15) is 26.2 Å². The normalized spacial score (nSPS) is 18.0. The van der Waals surface area contributed by atoms with Gasteiger partial charge in [0.1, 0.15) is 5.75 Å². The van der Waals surface area contributed by atoms with Crippen LogP contribution in [0.4, 0.5) is 0 Å². The third-order valence-electron chi connectivity index (χ3n) is 4.97. The SMILES string of the molecule is CCC(Oc1ccc(-c2ccccc2)cc1)C(=O)N1CCCC(C(=O)O)C1. The lowest BCUT2D eigenvalue weighted by Crippen LogP contribution is -2.48. The summed E-state index contributed by atoms with van der Waals surface area (Å²) < 4.78 is 5.93. The van der Waals surface area contributed by atoms with Gasteiger partial charge in [0, 0.05) is 13.1 Å². The van der Waals surface area contributed by atoms with Crippen molar-refractivity contribution >= 4 is 11.9 Å². The Bertz CT molecular complexity index is 773. The number of ether oxygens (including phenoxy) is 1. The molecule has 1 N–H and O–H groups in total. The van der Waals surface area contributed by atoms with Crippen LogP contribution in [0.2, 0.25) is 0 Å². The molecule has 142 valence electrons. The predicted molar refractivity (Wildman–Crippen MR) is 104 cm³/mol. The fraction of sp³-hybridized carbons (Fsp3) is 0.364. The van der Waals surface area contributed by atoms with Gasteiger partial charge in [0.2, 0.25) is 0 Å². The summed E-state index contributed by atoms with van der Waals surface area (Å²) in [5, 5.41) is 9.22. The van der Waals surface area contributed by atoms with Gasteiger partial charge in [-0.25, -0.2) is 0 Å². The van der Waals surface area contributed by atoms with Crippen LogP contribution in [0, 0.1) is 5.92 Å². The van der Waals surface area contributed by atoms with Gasteiger partial charge in [0.25, 0.3) is 5.91 Å². The van der Waals surface area contributed by atoms with Crippen LogP contribution < -0.4 is 4.74 Å². The molecular formula is C22H25NO4. The van der Waals surface area contributed by atoms with Gasteiger partial charge in [-0.05, 0) is 42.5 Å². The summed E-state index contributed by atoms with van der Waals surface area (Å²) in [6.07, 6.45) is 1.27. The van der Waals surface area contributed by atoms with Gasteiger partial charge in [0.05, 0.1) is 5.92 Å². The van der Waals surface area contributed by atoms with E-state index in [4.69, 9.17) is 4.74 Å². The van der Waals surface area contributed by atoms with E-state index in [1.807, 2.05) is 61.5 Å². The van der Waals surface area contributed by atoms with E-state index < -0.39 is 18.0 Å². The zero-order valence-corrected chi connectivity index (χ0v) is 15.5. The van der Waals surface area contributed by atoms with E-state index in [1.54, 1.807) is 4.90 Å². The molecule has 1 aliphatic heterocycles. The second-order valence-electron chi connectivity index (χ2n) is 6.87. The molecule has 0 spiro atoms. The lowest BCUT2D eigenvalue weighted by Gasteiger charge is -2.33. The smallest absolute Gasteiger partial charge is 0.308 e. The molecule has 0 bridgehead atoms. The Morgan fingerprint density at radius 3 is 2.41 bits per heavy atom. The van der Waals surface area contributed by atoms with Crippen LogP contribution in [-0.2, 0) is 9.59 Å². The Kier molecular flexibility index (Phi) is 6.12. The van der Waals surface area contributed by atoms with Crippen molar-refractivity contribution in [3.8, 4) is 16.9 Å². The van der Waals surface area contributed by atoms with E-state index in [-0.39, 0.29) is 12.5 Å². The van der Waals surface area contributed by atoms with Gasteiger partial charge >= 0.3 is 5.97 Å². The van der Waals surface area contributed by atoms with E-state index in [0.717, 1.165) is 11.1 Å². The Hall–Kier alpha value is -2.82. The van der Waals surface area contributed by atoms with Crippen LogP contribution in [-0.4, -0.2) is 41.1 Å². The number of carboxylic acid groups (broad SMARTS) is 1. The molecule has 3 rings (SSSR count). The molecule has 27 heavy (non-hydrogen) atoms. The topological polar surface area (TPSA) is 66.8 Å². The third-order valence-corrected chi connectivity index (χ3v) is 4.97. The molecule has 0 aliphatic carbocycles. The second-order valence-corrected chi connectivity index (χ2v) is 6.87. The van der Waals surface area contributed by atoms with Crippen molar-refractivity contribution in [3.05, 3.63) is 54.6 Å². The quantitative estimate of drug-likeness (QED) is 0.842. The summed E-state index contributed by atoms with van der Waals surface area (Å²) in [7, 11) is 0. The fourth-order valence-corrected chi connectivity index (χ4v) is 3.41. The summed E-state index contributed by atoms with van der Waals surface area (Å²) >= 11 is 0. The summed E-state index contributed by atoms with van der Waals surface area (Å²) in [6, 6.07) is 17.7. The molecule has 1 heterocycles. The summed E-state index contributed by atoms with van der Waals surface area (Å²) in [4.78, 5) is 25.7. The molecule has 5 nitrogen and oxygen atoms in total. The van der Waals surface area contributed by atoms with Gasteiger partial charge in [-0.1, -0.05) is 49.4 Å². The maximum absolute atomic E-state index is 12.8. The van der Waals surface area contributed by atoms with Crippen LogP contribution in [0.25, 0.3) is 11.1 Å². The van der Waals surface area contributed by atoms with Crippen molar-refractivity contribution in [2.75, 3.05) is 13.1 Å². The average Bonchev–Trinajstić information content (AvgIpc) is 2.72. The highest BCUT2D eigenvalue weighted by Crippen LogP contribution is 2.24. The number of likely N-dealkylation sites (tertiary alicyclic amines) is 1. The van der Waals surface area contributed by atoms with E-state index in [1.165, 1.54) is 0 Å². The van der Waals surface area contributed by atoms with E-state index in [0.29, 0.717) is 31.6 Å². The molecule has 1 aliphatic rings. The first-order valence-electron chi connectivity index (χ1n) is 9.42. The zero-order valence-electron chi connectivity index (χ0n) is 15.5. The minimum Gasteiger partial charge on any atom is -0.481 e. The number of piperidine rings is 1. The van der Waals surface area contributed by atoms with Crippen molar-refractivity contribution in [1.82, 2.24) is 4.90 Å². The molecule has 0 saturated carbocycles. The maximum Gasteiger partial charge on any atom is 0.308 e. The van der Waals surface area contributed by atoms with Crippen LogP contribution in [0.5, 0.6) is 5.75 Å². The Balaban J connectivity index is 1.66. The van der Waals surface area contributed by atoms with Crippen LogP contribution in [0.3, 0.4) is 0 Å². The number of amides is 1. The van der Waals surface area contributed by atoms with Gasteiger partial charge in [-0.15, -0.1) is 0 Å². The van der Waals surface area contributed by atoms with E-state index in [2.05, 4.69) is 0 Å². The van der Waals surface area contributed by atoms with Crippen molar-refractivity contribution in [2.24, 2.45) is 5.92 Å². The lowest BCUT2D eigenvalue weighted by atomic mass is 9.97. The Morgan fingerprint density at radius 2 is 1.78 bits per heavy atom. The van der Waals surface area contributed by atoms with Gasteiger partial charge < -0.3 is 14.7 Å². The molecule has 2 aromatic carbocycles. The number of nitrogens with zero attached hydrogens (tertiary/aromatic N) is 1.